The Labute approximate surface area is 121 Å². The number of hydrogen-bond acceptors (Lipinski definition) is 6. The molecule has 2 heterocycles. The van der Waals surface area contributed by atoms with Crippen LogP contribution in [0, 0.1) is 0 Å². The molecule has 2 aromatic rings. The van der Waals surface area contributed by atoms with Crippen LogP contribution in [0.5, 0.6) is 6.01 Å². The molecule has 0 amide bonds. The maximum Gasteiger partial charge on any atom is 0.322 e. The molecule has 5 nitrogen and oxygen atoms in total. The zero-order valence-corrected chi connectivity index (χ0v) is 12.5. The van der Waals surface area contributed by atoms with Crippen LogP contribution in [0.3, 0.4) is 0 Å². The molecule has 0 atom stereocenters. The van der Waals surface area contributed by atoms with Gasteiger partial charge in [-0.15, -0.1) is 11.3 Å². The van der Waals surface area contributed by atoms with Gasteiger partial charge >= 0.3 is 6.01 Å². The Kier molecular flexibility index (Phi) is 4.55. The fourth-order valence-corrected chi connectivity index (χ4v) is 2.38. The highest BCUT2D eigenvalue weighted by molar-refractivity contribution is 7.19. The number of rotatable bonds is 5. The summed E-state index contributed by atoms with van der Waals surface area (Å²) in [5.74, 6) is 1.08. The van der Waals surface area contributed by atoms with Gasteiger partial charge in [-0.3, -0.25) is 0 Å². The van der Waals surface area contributed by atoms with Gasteiger partial charge in [-0.25, -0.2) is 0 Å². The van der Waals surface area contributed by atoms with Gasteiger partial charge in [0.2, 0.25) is 5.95 Å². The Morgan fingerprint density at radius 1 is 1.32 bits per heavy atom. The van der Waals surface area contributed by atoms with Crippen molar-refractivity contribution in [3.05, 3.63) is 16.5 Å². The second kappa shape index (κ2) is 6.16. The number of halogens is 1. The Balaban J connectivity index is 2.38. The third-order valence-corrected chi connectivity index (χ3v) is 3.31. The lowest BCUT2D eigenvalue weighted by Gasteiger charge is -2.10. The molecular formula is C12H15ClN4OS. The topological polar surface area (TPSA) is 59.9 Å². The molecule has 7 heteroatoms. The molecule has 0 aliphatic carbocycles. The summed E-state index contributed by atoms with van der Waals surface area (Å²) in [6.07, 6.45) is 0.0108. The third-order valence-electron chi connectivity index (χ3n) is 2.08. The van der Waals surface area contributed by atoms with Gasteiger partial charge < -0.3 is 10.1 Å². The van der Waals surface area contributed by atoms with E-state index in [1.54, 1.807) is 0 Å². The van der Waals surface area contributed by atoms with Crippen LogP contribution in [-0.4, -0.2) is 27.6 Å². The predicted octanol–water partition coefficient (Wildman–Crippen LogP) is 3.47. The Morgan fingerprint density at radius 3 is 2.68 bits per heavy atom. The van der Waals surface area contributed by atoms with Gasteiger partial charge in [-0.05, 0) is 32.9 Å². The van der Waals surface area contributed by atoms with E-state index in [1.807, 2.05) is 32.9 Å². The molecule has 0 unspecified atom stereocenters. The van der Waals surface area contributed by atoms with Crippen LogP contribution in [0.15, 0.2) is 12.1 Å². The van der Waals surface area contributed by atoms with Crippen LogP contribution in [0.25, 0.3) is 10.7 Å². The minimum absolute atomic E-state index is 0.0108. The Bertz CT molecular complexity index is 558. The number of ether oxygens (including phenoxy) is 1. The van der Waals surface area contributed by atoms with Crippen molar-refractivity contribution in [2.45, 2.75) is 26.9 Å². The molecule has 0 saturated heterocycles. The van der Waals surface area contributed by atoms with Crippen LogP contribution in [0.2, 0.25) is 4.34 Å². The highest BCUT2D eigenvalue weighted by Gasteiger charge is 2.12. The summed E-state index contributed by atoms with van der Waals surface area (Å²) < 4.78 is 6.24. The standard InChI is InChI=1S/C12H15ClN4OS/c1-4-14-11-15-10(8-5-6-9(13)19-8)16-12(17-11)18-7(2)3/h5-7H,4H2,1-3H3,(H,14,15,16,17). The monoisotopic (exact) mass is 298 g/mol. The van der Waals surface area contributed by atoms with Crippen LogP contribution in [0.1, 0.15) is 20.8 Å². The number of thiophene rings is 1. The SMILES string of the molecule is CCNc1nc(OC(C)C)nc(-c2ccc(Cl)s2)n1. The van der Waals surface area contributed by atoms with Crippen molar-refractivity contribution in [1.29, 1.82) is 0 Å². The first-order valence-electron chi connectivity index (χ1n) is 6.00. The average molecular weight is 299 g/mol. The van der Waals surface area contributed by atoms with Gasteiger partial charge in [0, 0.05) is 6.54 Å². The van der Waals surface area contributed by atoms with E-state index in [0.29, 0.717) is 22.1 Å². The zero-order chi connectivity index (χ0) is 13.8. The average Bonchev–Trinajstić information content (AvgIpc) is 2.75. The molecule has 0 radical (unpaired) electrons. The van der Waals surface area contributed by atoms with Crippen molar-refractivity contribution < 1.29 is 4.74 Å². The molecule has 0 aliphatic rings. The number of anilines is 1. The van der Waals surface area contributed by atoms with Crippen molar-refractivity contribution in [3.8, 4) is 16.7 Å². The molecule has 1 N–H and O–H groups in total. The normalized spacial score (nSPS) is 10.8. The molecule has 2 rings (SSSR count). The van der Waals surface area contributed by atoms with Crippen LogP contribution >= 0.6 is 22.9 Å². The van der Waals surface area contributed by atoms with Gasteiger partial charge in [0.25, 0.3) is 0 Å². The first kappa shape index (κ1) is 14.0. The van der Waals surface area contributed by atoms with Crippen molar-refractivity contribution in [1.82, 2.24) is 15.0 Å². The van der Waals surface area contributed by atoms with Gasteiger partial charge in [0.1, 0.15) is 0 Å². The largest absolute Gasteiger partial charge is 0.461 e. The minimum Gasteiger partial charge on any atom is -0.461 e. The van der Waals surface area contributed by atoms with Crippen LogP contribution in [0.4, 0.5) is 5.95 Å². The molecular weight excluding hydrogens is 284 g/mol. The summed E-state index contributed by atoms with van der Waals surface area (Å²) in [6, 6.07) is 4.03. The molecule has 0 bridgehead atoms. The highest BCUT2D eigenvalue weighted by Crippen LogP contribution is 2.29. The van der Waals surface area contributed by atoms with Gasteiger partial charge in [0.15, 0.2) is 5.82 Å². The first-order valence-corrected chi connectivity index (χ1v) is 7.20. The Morgan fingerprint density at radius 2 is 2.11 bits per heavy atom. The molecule has 102 valence electrons. The van der Waals surface area contributed by atoms with E-state index in [0.717, 1.165) is 11.4 Å². The lowest BCUT2D eigenvalue weighted by atomic mass is 10.4. The summed E-state index contributed by atoms with van der Waals surface area (Å²) in [5.41, 5.74) is 0. The van der Waals surface area contributed by atoms with E-state index < -0.39 is 0 Å². The number of aromatic nitrogens is 3. The minimum atomic E-state index is 0.0108. The van der Waals surface area contributed by atoms with Gasteiger partial charge in [-0.2, -0.15) is 15.0 Å². The number of nitrogens with one attached hydrogen (secondary N) is 1. The third kappa shape index (κ3) is 3.78. The van der Waals surface area contributed by atoms with E-state index in [4.69, 9.17) is 16.3 Å². The molecule has 2 aromatic heterocycles. The van der Waals surface area contributed by atoms with Crippen LogP contribution < -0.4 is 10.1 Å². The maximum atomic E-state index is 5.94. The fourth-order valence-electron chi connectivity index (χ4n) is 1.40. The Hall–Kier alpha value is -1.40. The summed E-state index contributed by atoms with van der Waals surface area (Å²) in [6.45, 7) is 6.57. The summed E-state index contributed by atoms with van der Waals surface area (Å²) in [4.78, 5) is 13.8. The smallest absolute Gasteiger partial charge is 0.322 e. The van der Waals surface area contributed by atoms with E-state index in [9.17, 15) is 0 Å². The van der Waals surface area contributed by atoms with Crippen molar-refractivity contribution >= 4 is 28.9 Å². The highest BCUT2D eigenvalue weighted by atomic mass is 35.5. The van der Waals surface area contributed by atoms with Crippen molar-refractivity contribution in [2.75, 3.05) is 11.9 Å². The van der Waals surface area contributed by atoms with Gasteiger partial charge in [0.05, 0.1) is 15.3 Å². The lowest BCUT2D eigenvalue weighted by molar-refractivity contribution is 0.222. The second-order valence-corrected chi connectivity index (χ2v) is 5.78. The van der Waals surface area contributed by atoms with E-state index in [1.165, 1.54) is 11.3 Å². The van der Waals surface area contributed by atoms with E-state index >= 15 is 0 Å². The fraction of sp³-hybridized carbons (Fsp3) is 0.417. The van der Waals surface area contributed by atoms with Crippen LogP contribution in [-0.2, 0) is 0 Å². The summed E-state index contributed by atoms with van der Waals surface area (Å²) in [5, 5.41) is 3.07. The second-order valence-electron chi connectivity index (χ2n) is 4.07. The molecule has 0 aliphatic heterocycles. The first-order chi connectivity index (χ1) is 9.08. The molecule has 0 spiro atoms. The number of hydrogen-bond donors (Lipinski definition) is 1. The number of nitrogens with zero attached hydrogens (tertiary/aromatic N) is 3. The van der Waals surface area contributed by atoms with Crippen molar-refractivity contribution in [3.63, 3.8) is 0 Å². The zero-order valence-electron chi connectivity index (χ0n) is 11.0. The predicted molar refractivity (Wildman–Crippen MR) is 78.1 cm³/mol. The molecule has 0 aromatic carbocycles. The lowest BCUT2D eigenvalue weighted by Crippen LogP contribution is -2.11. The maximum absolute atomic E-state index is 5.94. The molecule has 0 saturated carbocycles. The van der Waals surface area contributed by atoms with Crippen molar-refractivity contribution in [2.24, 2.45) is 0 Å². The molecule has 19 heavy (non-hydrogen) atoms. The summed E-state index contributed by atoms with van der Waals surface area (Å²) >= 11 is 7.36. The quantitative estimate of drug-likeness (QED) is 0.916. The molecule has 0 fully saturated rings. The van der Waals surface area contributed by atoms with E-state index in [-0.39, 0.29) is 6.10 Å². The van der Waals surface area contributed by atoms with Gasteiger partial charge in [-0.1, -0.05) is 11.6 Å². The summed E-state index contributed by atoms with van der Waals surface area (Å²) in [7, 11) is 0. The van der Waals surface area contributed by atoms with E-state index in [2.05, 4.69) is 20.3 Å².